The van der Waals surface area contributed by atoms with Gasteiger partial charge in [0.2, 0.25) is 0 Å². The highest BCUT2D eigenvalue weighted by molar-refractivity contribution is 5.38. The van der Waals surface area contributed by atoms with E-state index < -0.39 is 11.7 Å². The van der Waals surface area contributed by atoms with Crippen molar-refractivity contribution in [2.75, 3.05) is 18.5 Å². The molecule has 0 amide bonds. The first-order valence-corrected chi connectivity index (χ1v) is 5.30. The summed E-state index contributed by atoms with van der Waals surface area (Å²) < 4.78 is 36.9. The summed E-state index contributed by atoms with van der Waals surface area (Å²) in [7, 11) is 1.78. The summed E-state index contributed by atoms with van der Waals surface area (Å²) in [6.45, 7) is 2.55. The van der Waals surface area contributed by atoms with E-state index in [1.165, 1.54) is 6.07 Å². The Labute approximate surface area is 98.4 Å². The molecular weight excluding hydrogens is 231 g/mol. The van der Waals surface area contributed by atoms with Gasteiger partial charge in [-0.05, 0) is 25.5 Å². The highest BCUT2D eigenvalue weighted by Crippen LogP contribution is 2.29. The Hall–Kier alpha value is -1.30. The van der Waals surface area contributed by atoms with Crippen molar-refractivity contribution < 1.29 is 13.2 Å². The quantitative estimate of drug-likeness (QED) is 0.887. The third kappa shape index (κ3) is 4.22. The second-order valence-electron chi connectivity index (χ2n) is 4.09. The van der Waals surface area contributed by atoms with Gasteiger partial charge in [-0.1, -0.05) is 0 Å². The van der Waals surface area contributed by atoms with Crippen molar-refractivity contribution in [3.8, 4) is 0 Å². The molecule has 1 aromatic heterocycles. The number of pyridine rings is 1. The fourth-order valence-corrected chi connectivity index (χ4v) is 1.29. The molecule has 17 heavy (non-hydrogen) atoms. The van der Waals surface area contributed by atoms with E-state index in [0.717, 1.165) is 18.7 Å². The van der Waals surface area contributed by atoms with Gasteiger partial charge in [-0.15, -0.1) is 0 Å². The van der Waals surface area contributed by atoms with Crippen LogP contribution in [0.3, 0.4) is 0 Å². The first-order valence-electron chi connectivity index (χ1n) is 5.30. The lowest BCUT2D eigenvalue weighted by molar-refractivity contribution is -0.137. The number of halogens is 3. The fraction of sp³-hybridized carbons (Fsp3) is 0.545. The fourth-order valence-electron chi connectivity index (χ4n) is 1.29. The molecule has 1 rings (SSSR count). The molecule has 1 heterocycles. The van der Waals surface area contributed by atoms with Gasteiger partial charge in [0, 0.05) is 25.8 Å². The molecule has 3 nitrogen and oxygen atoms in total. The molecule has 0 aliphatic heterocycles. The third-order valence-corrected chi connectivity index (χ3v) is 2.39. The first kappa shape index (κ1) is 13.8. The lowest BCUT2D eigenvalue weighted by atomic mass is 10.2. The van der Waals surface area contributed by atoms with E-state index in [1.54, 1.807) is 11.9 Å². The van der Waals surface area contributed by atoms with E-state index in [2.05, 4.69) is 4.98 Å². The summed E-state index contributed by atoms with van der Waals surface area (Å²) in [5.41, 5.74) is 4.87. The van der Waals surface area contributed by atoms with Crippen molar-refractivity contribution in [2.45, 2.75) is 25.6 Å². The lowest BCUT2D eigenvalue weighted by Gasteiger charge is -2.19. The minimum absolute atomic E-state index is 0.0619. The molecule has 0 aromatic carbocycles. The molecule has 0 saturated heterocycles. The Morgan fingerprint density at radius 2 is 2.06 bits per heavy atom. The van der Waals surface area contributed by atoms with E-state index in [4.69, 9.17) is 5.73 Å². The predicted molar refractivity (Wildman–Crippen MR) is 60.8 cm³/mol. The van der Waals surface area contributed by atoms with Gasteiger partial charge >= 0.3 is 6.18 Å². The molecule has 0 aliphatic rings. The topological polar surface area (TPSA) is 42.1 Å². The van der Waals surface area contributed by atoms with Gasteiger partial charge in [0.15, 0.2) is 0 Å². The Morgan fingerprint density at radius 3 is 2.47 bits per heavy atom. The second kappa shape index (κ2) is 5.35. The van der Waals surface area contributed by atoms with Crippen LogP contribution in [0.5, 0.6) is 0 Å². The van der Waals surface area contributed by atoms with Crippen molar-refractivity contribution in [3.05, 3.63) is 23.9 Å². The Kier molecular flexibility index (Phi) is 4.34. The van der Waals surface area contributed by atoms with Crippen LogP contribution in [0, 0.1) is 0 Å². The van der Waals surface area contributed by atoms with Crippen molar-refractivity contribution in [1.82, 2.24) is 4.98 Å². The second-order valence-corrected chi connectivity index (χ2v) is 4.09. The van der Waals surface area contributed by atoms with Gasteiger partial charge in [-0.3, -0.25) is 0 Å². The van der Waals surface area contributed by atoms with Crippen molar-refractivity contribution >= 4 is 5.82 Å². The first-order chi connectivity index (χ1) is 7.80. The molecule has 0 bridgehead atoms. The van der Waals surface area contributed by atoms with Crippen molar-refractivity contribution in [2.24, 2.45) is 5.73 Å². The van der Waals surface area contributed by atoms with Crippen LogP contribution in [0.15, 0.2) is 18.3 Å². The summed E-state index contributed by atoms with van der Waals surface area (Å²) in [5, 5.41) is 0. The van der Waals surface area contributed by atoms with Crippen LogP contribution in [0.25, 0.3) is 0 Å². The van der Waals surface area contributed by atoms with E-state index in [0.29, 0.717) is 12.4 Å². The SMILES string of the molecule is CC(N)CCN(C)c1ccc(C(F)(F)F)cn1. The molecule has 96 valence electrons. The monoisotopic (exact) mass is 247 g/mol. The number of nitrogens with two attached hydrogens (primary N) is 1. The Bertz CT molecular complexity index is 346. The maximum Gasteiger partial charge on any atom is 0.417 e. The Balaban J connectivity index is 2.67. The zero-order valence-electron chi connectivity index (χ0n) is 9.83. The molecule has 0 saturated carbocycles. The van der Waals surface area contributed by atoms with E-state index in [1.807, 2.05) is 6.92 Å². The summed E-state index contributed by atoms with van der Waals surface area (Å²) in [4.78, 5) is 5.57. The van der Waals surface area contributed by atoms with E-state index >= 15 is 0 Å². The van der Waals surface area contributed by atoms with Gasteiger partial charge in [0.05, 0.1) is 5.56 Å². The number of hydrogen-bond acceptors (Lipinski definition) is 3. The van der Waals surface area contributed by atoms with Gasteiger partial charge < -0.3 is 10.6 Å². The van der Waals surface area contributed by atoms with Crippen LogP contribution in [0.1, 0.15) is 18.9 Å². The normalized spacial score (nSPS) is 13.5. The van der Waals surface area contributed by atoms with Crippen LogP contribution in [-0.4, -0.2) is 24.6 Å². The van der Waals surface area contributed by atoms with Gasteiger partial charge in [-0.2, -0.15) is 13.2 Å². The number of rotatable bonds is 4. The minimum atomic E-state index is -4.34. The molecule has 1 unspecified atom stereocenters. The average Bonchev–Trinajstić information content (AvgIpc) is 2.25. The number of hydrogen-bond donors (Lipinski definition) is 1. The molecule has 1 aromatic rings. The number of anilines is 1. The van der Waals surface area contributed by atoms with Crippen molar-refractivity contribution in [3.63, 3.8) is 0 Å². The van der Waals surface area contributed by atoms with E-state index in [-0.39, 0.29) is 6.04 Å². The summed E-state index contributed by atoms with van der Waals surface area (Å²) in [6, 6.07) is 2.46. The lowest BCUT2D eigenvalue weighted by Crippen LogP contribution is -2.26. The molecule has 1 atom stereocenters. The number of aromatic nitrogens is 1. The Morgan fingerprint density at radius 1 is 1.41 bits per heavy atom. The highest BCUT2D eigenvalue weighted by Gasteiger charge is 2.30. The van der Waals surface area contributed by atoms with Crippen molar-refractivity contribution in [1.29, 1.82) is 0 Å². The molecule has 2 N–H and O–H groups in total. The van der Waals surface area contributed by atoms with Crippen LogP contribution in [0.2, 0.25) is 0 Å². The standard InChI is InChI=1S/C11H16F3N3/c1-8(15)5-6-17(2)10-4-3-9(7-16-10)11(12,13)14/h3-4,7-8H,5-6,15H2,1-2H3. The molecule has 0 radical (unpaired) electrons. The van der Waals surface area contributed by atoms with Gasteiger partial charge in [0.1, 0.15) is 5.82 Å². The maximum absolute atomic E-state index is 12.3. The zero-order chi connectivity index (χ0) is 13.1. The minimum Gasteiger partial charge on any atom is -0.360 e. The van der Waals surface area contributed by atoms with Gasteiger partial charge in [-0.25, -0.2) is 4.98 Å². The molecule has 0 spiro atoms. The van der Waals surface area contributed by atoms with Gasteiger partial charge in [0.25, 0.3) is 0 Å². The number of nitrogens with zero attached hydrogens (tertiary/aromatic N) is 2. The molecule has 0 aliphatic carbocycles. The van der Waals surface area contributed by atoms with Crippen LogP contribution in [0.4, 0.5) is 19.0 Å². The van der Waals surface area contributed by atoms with E-state index in [9.17, 15) is 13.2 Å². The molecular formula is C11H16F3N3. The zero-order valence-corrected chi connectivity index (χ0v) is 9.83. The summed E-state index contributed by atoms with van der Waals surface area (Å²) in [5.74, 6) is 0.513. The van der Waals surface area contributed by atoms with Crippen LogP contribution >= 0.6 is 0 Å². The maximum atomic E-state index is 12.3. The summed E-state index contributed by atoms with van der Waals surface area (Å²) in [6.07, 6.45) is -2.73. The average molecular weight is 247 g/mol. The van der Waals surface area contributed by atoms with Crippen LogP contribution in [-0.2, 0) is 6.18 Å². The molecule has 6 heteroatoms. The third-order valence-electron chi connectivity index (χ3n) is 2.39. The smallest absolute Gasteiger partial charge is 0.360 e. The highest BCUT2D eigenvalue weighted by atomic mass is 19.4. The predicted octanol–water partition coefficient (Wildman–Crippen LogP) is 2.27. The largest absolute Gasteiger partial charge is 0.417 e. The van der Waals surface area contributed by atoms with Crippen LogP contribution < -0.4 is 10.6 Å². The number of alkyl halides is 3. The molecule has 0 fully saturated rings. The summed E-state index contributed by atoms with van der Waals surface area (Å²) >= 11 is 0.